The van der Waals surface area contributed by atoms with E-state index in [0.29, 0.717) is 25.7 Å². The van der Waals surface area contributed by atoms with Gasteiger partial charge >= 0.3 is 0 Å². The van der Waals surface area contributed by atoms with Crippen molar-refractivity contribution >= 4 is 28.9 Å². The third kappa shape index (κ3) is 10.3. The van der Waals surface area contributed by atoms with Crippen LogP contribution in [0.3, 0.4) is 0 Å². The molecule has 6 heteroatoms. The van der Waals surface area contributed by atoms with Crippen LogP contribution in [-0.2, 0) is 17.7 Å². The van der Waals surface area contributed by atoms with Crippen LogP contribution in [0.15, 0.2) is 27.9 Å². The van der Waals surface area contributed by atoms with Crippen LogP contribution in [-0.4, -0.2) is 25.5 Å². The molecule has 4 nitrogen and oxygen atoms in total. The fourth-order valence-electron chi connectivity index (χ4n) is 2.59. The second-order valence-electron chi connectivity index (χ2n) is 7.21. The number of rotatable bonds is 14. The highest BCUT2D eigenvalue weighted by Crippen LogP contribution is 2.31. The minimum absolute atomic E-state index is 0.212. The van der Waals surface area contributed by atoms with E-state index in [2.05, 4.69) is 32.9 Å². The Morgan fingerprint density at radius 2 is 1.62 bits per heavy atom. The maximum atomic E-state index is 6.15. The summed E-state index contributed by atoms with van der Waals surface area (Å²) in [4.78, 5) is 5.37. The van der Waals surface area contributed by atoms with E-state index in [4.69, 9.17) is 37.5 Å². The molecule has 0 atom stereocenters. The van der Waals surface area contributed by atoms with Gasteiger partial charge in [-0.1, -0.05) is 56.1 Å². The van der Waals surface area contributed by atoms with E-state index >= 15 is 0 Å². The zero-order valence-electron chi connectivity index (χ0n) is 18.4. The molecule has 0 amide bonds. The van der Waals surface area contributed by atoms with Gasteiger partial charge in [0.15, 0.2) is 0 Å². The van der Waals surface area contributed by atoms with Crippen molar-refractivity contribution in [1.82, 2.24) is 0 Å². The monoisotopic (exact) mass is 443 g/mol. The third-order valence-corrected chi connectivity index (χ3v) is 4.94. The first kappa shape index (κ1) is 25.6. The molecule has 1 rings (SSSR count). The first-order valence-electron chi connectivity index (χ1n) is 10.5. The molecule has 0 spiro atoms. The van der Waals surface area contributed by atoms with Gasteiger partial charge in [0, 0.05) is 0 Å². The van der Waals surface area contributed by atoms with Gasteiger partial charge in [-0.3, -0.25) is 0 Å². The highest BCUT2D eigenvalue weighted by molar-refractivity contribution is 6.55. The van der Waals surface area contributed by atoms with Crippen molar-refractivity contribution in [3.63, 3.8) is 0 Å². The Kier molecular flexibility index (Phi) is 12.9. The Morgan fingerprint density at radius 1 is 1.00 bits per heavy atom. The Bertz CT molecular complexity index is 643. The standard InChI is InChI=1S/C23H35Cl2NO3/c1-6-19-15-21(27-14-11-22(24)25)16-20(7-2)23(19)28-12-9-8-10-13-29-26-18(5)17(3)4/h11,15-17H,6-10,12-14H2,1-5H3/b26-18+. The maximum Gasteiger partial charge on any atom is 0.125 e. The van der Waals surface area contributed by atoms with E-state index in [1.807, 2.05) is 19.1 Å². The number of hydrogen-bond acceptors (Lipinski definition) is 4. The average Bonchev–Trinajstić information content (AvgIpc) is 2.69. The Hall–Kier alpha value is -1.39. The zero-order chi connectivity index (χ0) is 21.6. The van der Waals surface area contributed by atoms with E-state index in [1.165, 1.54) is 0 Å². The molecule has 0 saturated heterocycles. The van der Waals surface area contributed by atoms with Gasteiger partial charge in [0.2, 0.25) is 0 Å². The van der Waals surface area contributed by atoms with Gasteiger partial charge in [-0.25, -0.2) is 0 Å². The van der Waals surface area contributed by atoms with Gasteiger partial charge in [-0.2, -0.15) is 0 Å². The van der Waals surface area contributed by atoms with Gasteiger partial charge in [0.25, 0.3) is 0 Å². The highest BCUT2D eigenvalue weighted by Gasteiger charge is 2.11. The summed E-state index contributed by atoms with van der Waals surface area (Å²) in [5.74, 6) is 2.23. The molecule has 0 radical (unpaired) electrons. The van der Waals surface area contributed by atoms with Crippen LogP contribution >= 0.6 is 23.2 Å². The molecule has 0 saturated carbocycles. The molecule has 0 aliphatic heterocycles. The summed E-state index contributed by atoms with van der Waals surface area (Å²) >= 11 is 11.3. The van der Waals surface area contributed by atoms with Crippen LogP contribution < -0.4 is 9.47 Å². The summed E-state index contributed by atoms with van der Waals surface area (Å²) in [5.41, 5.74) is 3.34. The topological polar surface area (TPSA) is 40.0 Å². The quantitative estimate of drug-likeness (QED) is 0.174. The molecule has 0 aliphatic rings. The van der Waals surface area contributed by atoms with Crippen LogP contribution in [0.1, 0.15) is 65.0 Å². The van der Waals surface area contributed by atoms with Crippen molar-refractivity contribution in [2.75, 3.05) is 19.8 Å². The predicted octanol–water partition coefficient (Wildman–Crippen LogP) is 7.11. The van der Waals surface area contributed by atoms with E-state index in [9.17, 15) is 0 Å². The minimum Gasteiger partial charge on any atom is -0.493 e. The van der Waals surface area contributed by atoms with Crippen molar-refractivity contribution < 1.29 is 14.3 Å². The lowest BCUT2D eigenvalue weighted by Gasteiger charge is -2.17. The molecule has 164 valence electrons. The highest BCUT2D eigenvalue weighted by atomic mass is 35.5. The first-order chi connectivity index (χ1) is 13.9. The van der Waals surface area contributed by atoms with Crippen LogP contribution in [0, 0.1) is 5.92 Å². The summed E-state index contributed by atoms with van der Waals surface area (Å²) in [7, 11) is 0. The number of nitrogens with zero attached hydrogens (tertiary/aromatic N) is 1. The molecule has 1 aromatic carbocycles. The summed E-state index contributed by atoms with van der Waals surface area (Å²) in [6.45, 7) is 12.2. The molecule has 0 N–H and O–H groups in total. The normalized spacial score (nSPS) is 11.5. The molecule has 0 aliphatic carbocycles. The second-order valence-corrected chi connectivity index (χ2v) is 8.22. The fraction of sp³-hybridized carbons (Fsp3) is 0.609. The Morgan fingerprint density at radius 3 is 2.17 bits per heavy atom. The predicted molar refractivity (Wildman–Crippen MR) is 124 cm³/mol. The van der Waals surface area contributed by atoms with E-state index in [0.717, 1.165) is 60.4 Å². The number of aryl methyl sites for hydroxylation is 2. The number of hydrogen-bond donors (Lipinski definition) is 0. The maximum absolute atomic E-state index is 6.15. The van der Waals surface area contributed by atoms with Crippen molar-refractivity contribution in [2.45, 2.75) is 66.7 Å². The first-order valence-corrected chi connectivity index (χ1v) is 11.2. The zero-order valence-corrected chi connectivity index (χ0v) is 19.9. The molecule has 0 aromatic heterocycles. The molecule has 0 fully saturated rings. The van der Waals surface area contributed by atoms with Crippen molar-refractivity contribution in [3.05, 3.63) is 33.8 Å². The number of ether oxygens (including phenoxy) is 2. The summed E-state index contributed by atoms with van der Waals surface area (Å²) in [5, 5.41) is 4.13. The smallest absolute Gasteiger partial charge is 0.125 e. The average molecular weight is 444 g/mol. The lowest BCUT2D eigenvalue weighted by atomic mass is 10.0. The van der Waals surface area contributed by atoms with Crippen molar-refractivity contribution in [3.8, 4) is 11.5 Å². The molecule has 29 heavy (non-hydrogen) atoms. The largest absolute Gasteiger partial charge is 0.493 e. The fourth-order valence-corrected chi connectivity index (χ4v) is 2.72. The number of oxime groups is 1. The molecule has 0 heterocycles. The Labute approximate surface area is 186 Å². The van der Waals surface area contributed by atoms with Crippen molar-refractivity contribution in [2.24, 2.45) is 11.1 Å². The van der Waals surface area contributed by atoms with Crippen LogP contribution in [0.4, 0.5) is 0 Å². The van der Waals surface area contributed by atoms with Gasteiger partial charge in [0.05, 0.1) is 12.3 Å². The minimum atomic E-state index is 0.212. The summed E-state index contributed by atoms with van der Waals surface area (Å²) in [6, 6.07) is 4.07. The Balaban J connectivity index is 2.50. The summed E-state index contributed by atoms with van der Waals surface area (Å²) in [6.07, 6.45) is 6.40. The van der Waals surface area contributed by atoms with Crippen molar-refractivity contribution in [1.29, 1.82) is 0 Å². The van der Waals surface area contributed by atoms with E-state index in [-0.39, 0.29) is 4.49 Å². The van der Waals surface area contributed by atoms with Crippen LogP contribution in [0.25, 0.3) is 0 Å². The van der Waals surface area contributed by atoms with Crippen LogP contribution in [0.5, 0.6) is 11.5 Å². The molecule has 0 unspecified atom stereocenters. The van der Waals surface area contributed by atoms with Gasteiger partial charge in [-0.05, 0) is 74.3 Å². The molecule has 0 bridgehead atoms. The molecular weight excluding hydrogens is 409 g/mol. The SMILES string of the molecule is CCc1cc(OCC=C(Cl)Cl)cc(CC)c1OCCCCCO/N=C(\C)C(C)C. The van der Waals surface area contributed by atoms with Gasteiger partial charge in [0.1, 0.15) is 29.2 Å². The van der Waals surface area contributed by atoms with E-state index < -0.39 is 0 Å². The summed E-state index contributed by atoms with van der Waals surface area (Å²) < 4.78 is 12.1. The van der Waals surface area contributed by atoms with Gasteiger partial charge < -0.3 is 14.3 Å². The van der Waals surface area contributed by atoms with Crippen LogP contribution in [0.2, 0.25) is 0 Å². The second kappa shape index (κ2) is 14.6. The number of halogens is 2. The van der Waals surface area contributed by atoms with Gasteiger partial charge in [-0.15, -0.1) is 0 Å². The lowest BCUT2D eigenvalue weighted by Crippen LogP contribution is -2.05. The van der Waals surface area contributed by atoms with E-state index in [1.54, 1.807) is 6.08 Å². The number of unbranched alkanes of at least 4 members (excludes halogenated alkanes) is 2. The third-order valence-electron chi connectivity index (χ3n) is 4.64. The number of benzene rings is 1. The molecular formula is C23H35Cl2NO3. The molecule has 1 aromatic rings. The lowest BCUT2D eigenvalue weighted by molar-refractivity contribution is 0.137.